The lowest BCUT2D eigenvalue weighted by atomic mass is 10.2. The molecule has 0 bridgehead atoms. The average molecular weight is 279 g/mol. The zero-order chi connectivity index (χ0) is 13.8. The predicted octanol–water partition coefficient (Wildman–Crippen LogP) is 2.50. The molecule has 19 heavy (non-hydrogen) atoms. The molecule has 1 atom stereocenters. The first-order chi connectivity index (χ1) is 9.17. The highest BCUT2D eigenvalue weighted by Gasteiger charge is 2.13. The molecule has 0 aliphatic rings. The fourth-order valence-electron chi connectivity index (χ4n) is 1.58. The van der Waals surface area contributed by atoms with Crippen LogP contribution < -0.4 is 14.8 Å². The zero-order valence-electron chi connectivity index (χ0n) is 11.4. The molecule has 1 heterocycles. The van der Waals surface area contributed by atoms with Crippen molar-refractivity contribution < 1.29 is 9.47 Å². The maximum Gasteiger partial charge on any atom is 0.148 e. The predicted molar refractivity (Wildman–Crippen MR) is 75.9 cm³/mol. The smallest absolute Gasteiger partial charge is 0.148 e. The number of benzene rings is 1. The van der Waals surface area contributed by atoms with Gasteiger partial charge in [-0.25, -0.2) is 0 Å². The van der Waals surface area contributed by atoms with Crippen molar-refractivity contribution in [2.45, 2.75) is 13.0 Å². The van der Waals surface area contributed by atoms with E-state index in [4.69, 9.17) is 9.47 Å². The number of hydrogen-bond donors (Lipinski definition) is 1. The molecule has 1 unspecified atom stereocenters. The molecule has 1 N–H and O–H groups in total. The zero-order valence-corrected chi connectivity index (χ0v) is 12.2. The summed E-state index contributed by atoms with van der Waals surface area (Å²) in [7, 11) is 5.17. The van der Waals surface area contributed by atoms with Crippen molar-refractivity contribution in [2.75, 3.05) is 21.3 Å². The van der Waals surface area contributed by atoms with Crippen LogP contribution >= 0.6 is 11.3 Å². The van der Waals surface area contributed by atoms with Gasteiger partial charge in [0.05, 0.1) is 20.3 Å². The first kappa shape index (κ1) is 13.8. The largest absolute Gasteiger partial charge is 0.497 e. The summed E-state index contributed by atoms with van der Waals surface area (Å²) < 4.78 is 10.5. The Balaban J connectivity index is 2.37. The number of rotatable bonds is 5. The van der Waals surface area contributed by atoms with E-state index in [1.54, 1.807) is 25.6 Å². The molecule has 2 aromatic rings. The third kappa shape index (κ3) is 3.02. The van der Waals surface area contributed by atoms with Crippen LogP contribution in [0.25, 0.3) is 10.6 Å². The Labute approximate surface area is 116 Å². The molecule has 102 valence electrons. The lowest BCUT2D eigenvalue weighted by Crippen LogP contribution is -2.11. The summed E-state index contributed by atoms with van der Waals surface area (Å²) in [4.78, 5) is 0. The summed E-state index contributed by atoms with van der Waals surface area (Å²) in [5, 5.41) is 13.4. The van der Waals surface area contributed by atoms with Crippen LogP contribution in [0.5, 0.6) is 11.5 Å². The van der Waals surface area contributed by atoms with E-state index < -0.39 is 0 Å². The summed E-state index contributed by atoms with van der Waals surface area (Å²) in [5.41, 5.74) is 0.947. The van der Waals surface area contributed by atoms with E-state index in [0.717, 1.165) is 27.1 Å². The summed E-state index contributed by atoms with van der Waals surface area (Å²) in [6, 6.07) is 5.88. The molecule has 6 heteroatoms. The van der Waals surface area contributed by atoms with E-state index in [1.807, 2.05) is 25.2 Å². The maximum absolute atomic E-state index is 5.26. The molecule has 0 saturated heterocycles. The van der Waals surface area contributed by atoms with Gasteiger partial charge in [-0.1, -0.05) is 11.3 Å². The van der Waals surface area contributed by atoms with Gasteiger partial charge in [-0.15, -0.1) is 10.2 Å². The van der Waals surface area contributed by atoms with Gasteiger partial charge in [0.2, 0.25) is 0 Å². The fourth-order valence-corrected chi connectivity index (χ4v) is 2.47. The summed E-state index contributed by atoms with van der Waals surface area (Å²) in [5.74, 6) is 1.49. The van der Waals surface area contributed by atoms with Crippen LogP contribution in [0.4, 0.5) is 0 Å². The molecule has 2 rings (SSSR count). The molecule has 5 nitrogen and oxygen atoms in total. The van der Waals surface area contributed by atoms with Crippen LogP contribution in [0.3, 0.4) is 0 Å². The monoisotopic (exact) mass is 279 g/mol. The molecule has 0 aliphatic heterocycles. The first-order valence-electron chi connectivity index (χ1n) is 5.92. The van der Waals surface area contributed by atoms with Crippen molar-refractivity contribution in [3.8, 4) is 22.1 Å². The Bertz CT molecular complexity index is 534. The van der Waals surface area contributed by atoms with E-state index in [1.165, 1.54) is 0 Å². The highest BCUT2D eigenvalue weighted by atomic mass is 32.1. The number of nitrogens with one attached hydrogen (secondary N) is 1. The van der Waals surface area contributed by atoms with Crippen LogP contribution in [0.1, 0.15) is 18.0 Å². The Morgan fingerprint density at radius 2 is 1.74 bits per heavy atom. The quantitative estimate of drug-likeness (QED) is 0.911. The van der Waals surface area contributed by atoms with Gasteiger partial charge in [0, 0.05) is 11.6 Å². The lowest BCUT2D eigenvalue weighted by Gasteiger charge is -2.06. The molecular formula is C13H17N3O2S. The van der Waals surface area contributed by atoms with Gasteiger partial charge in [-0.2, -0.15) is 0 Å². The Hall–Kier alpha value is -1.66. The van der Waals surface area contributed by atoms with Crippen molar-refractivity contribution in [3.63, 3.8) is 0 Å². The van der Waals surface area contributed by atoms with Crippen LogP contribution in [0.2, 0.25) is 0 Å². The maximum atomic E-state index is 5.26. The van der Waals surface area contributed by atoms with Crippen LogP contribution in [0.15, 0.2) is 18.2 Å². The second kappa shape index (κ2) is 5.99. The SMILES string of the molecule is CNC(C)c1nnc(-c2cc(OC)cc(OC)c2)s1. The first-order valence-corrected chi connectivity index (χ1v) is 6.73. The van der Waals surface area contributed by atoms with Gasteiger partial charge in [0.25, 0.3) is 0 Å². The highest BCUT2D eigenvalue weighted by molar-refractivity contribution is 7.14. The van der Waals surface area contributed by atoms with E-state index >= 15 is 0 Å². The summed E-state index contributed by atoms with van der Waals surface area (Å²) in [6.45, 7) is 2.05. The van der Waals surface area contributed by atoms with Gasteiger partial charge in [0.1, 0.15) is 21.5 Å². The number of hydrogen-bond acceptors (Lipinski definition) is 6. The highest BCUT2D eigenvalue weighted by Crippen LogP contribution is 2.32. The van der Waals surface area contributed by atoms with E-state index in [0.29, 0.717) is 0 Å². The molecule has 0 saturated carbocycles. The van der Waals surface area contributed by atoms with Crippen molar-refractivity contribution >= 4 is 11.3 Å². The minimum atomic E-state index is 0.193. The third-order valence-electron chi connectivity index (χ3n) is 2.84. The number of ether oxygens (including phenoxy) is 2. The second-order valence-corrected chi connectivity index (χ2v) is 5.07. The lowest BCUT2D eigenvalue weighted by molar-refractivity contribution is 0.394. The van der Waals surface area contributed by atoms with Gasteiger partial charge in [0.15, 0.2) is 0 Å². The Morgan fingerprint density at radius 1 is 1.11 bits per heavy atom. The standard InChI is InChI=1S/C13H17N3O2S/c1-8(14-2)12-15-16-13(19-12)9-5-10(17-3)7-11(6-9)18-4/h5-8,14H,1-4H3. The van der Waals surface area contributed by atoms with Crippen LogP contribution in [-0.2, 0) is 0 Å². The molecule has 0 amide bonds. The Kier molecular flexibility index (Phi) is 4.34. The minimum absolute atomic E-state index is 0.193. The number of aromatic nitrogens is 2. The van der Waals surface area contributed by atoms with Crippen molar-refractivity contribution in [1.29, 1.82) is 0 Å². The van der Waals surface area contributed by atoms with Crippen molar-refractivity contribution in [2.24, 2.45) is 0 Å². The van der Waals surface area contributed by atoms with E-state index in [-0.39, 0.29) is 6.04 Å². The van der Waals surface area contributed by atoms with Gasteiger partial charge < -0.3 is 14.8 Å². The topological polar surface area (TPSA) is 56.3 Å². The summed E-state index contributed by atoms with van der Waals surface area (Å²) in [6.07, 6.45) is 0. The number of nitrogens with zero attached hydrogens (tertiary/aromatic N) is 2. The van der Waals surface area contributed by atoms with Crippen molar-refractivity contribution in [3.05, 3.63) is 23.2 Å². The molecular weight excluding hydrogens is 262 g/mol. The summed E-state index contributed by atoms with van der Waals surface area (Å²) >= 11 is 1.56. The Morgan fingerprint density at radius 3 is 2.26 bits per heavy atom. The molecule has 1 aromatic heterocycles. The minimum Gasteiger partial charge on any atom is -0.497 e. The van der Waals surface area contributed by atoms with Crippen LogP contribution in [0, 0.1) is 0 Å². The third-order valence-corrected chi connectivity index (χ3v) is 4.00. The van der Waals surface area contributed by atoms with Crippen LogP contribution in [-0.4, -0.2) is 31.5 Å². The average Bonchev–Trinajstić information content (AvgIpc) is 2.95. The molecule has 0 spiro atoms. The fraction of sp³-hybridized carbons (Fsp3) is 0.385. The molecule has 0 fully saturated rings. The molecule has 1 aromatic carbocycles. The van der Waals surface area contributed by atoms with Gasteiger partial charge in [-0.3, -0.25) is 0 Å². The number of methoxy groups -OCH3 is 2. The second-order valence-electron chi connectivity index (χ2n) is 4.06. The van der Waals surface area contributed by atoms with E-state index in [2.05, 4.69) is 22.4 Å². The molecule has 0 aliphatic carbocycles. The van der Waals surface area contributed by atoms with E-state index in [9.17, 15) is 0 Å². The van der Waals surface area contributed by atoms with Gasteiger partial charge in [-0.05, 0) is 26.1 Å². The van der Waals surface area contributed by atoms with Crippen molar-refractivity contribution in [1.82, 2.24) is 15.5 Å². The van der Waals surface area contributed by atoms with Gasteiger partial charge >= 0.3 is 0 Å². The molecule has 0 radical (unpaired) electrons. The normalized spacial score (nSPS) is 12.2.